The van der Waals surface area contributed by atoms with E-state index in [4.69, 9.17) is 25.8 Å². The van der Waals surface area contributed by atoms with Crippen molar-refractivity contribution in [3.63, 3.8) is 0 Å². The number of rotatable bonds is 8. The molecule has 0 spiro atoms. The van der Waals surface area contributed by atoms with Gasteiger partial charge >= 0.3 is 5.97 Å². The molecule has 0 aliphatic carbocycles. The van der Waals surface area contributed by atoms with E-state index in [1.165, 1.54) is 24.7 Å². The highest BCUT2D eigenvalue weighted by Crippen LogP contribution is 2.37. The molecule has 0 saturated heterocycles. The zero-order chi connectivity index (χ0) is 24.8. The number of hydrogen-bond acceptors (Lipinski definition) is 7. The van der Waals surface area contributed by atoms with E-state index in [1.54, 1.807) is 42.5 Å². The summed E-state index contributed by atoms with van der Waals surface area (Å²) < 4.78 is 17.3. The summed E-state index contributed by atoms with van der Waals surface area (Å²) in [7, 11) is 1.46. The van der Waals surface area contributed by atoms with Gasteiger partial charge < -0.3 is 14.2 Å². The van der Waals surface area contributed by atoms with Crippen LogP contribution in [0, 0.1) is 0 Å². The minimum Gasteiger partial charge on any atom is -0.493 e. The normalized spacial score (nSPS) is 10.9. The van der Waals surface area contributed by atoms with E-state index in [0.29, 0.717) is 39.1 Å². The molecule has 0 bridgehead atoms. The van der Waals surface area contributed by atoms with Gasteiger partial charge in [-0.2, -0.15) is 5.10 Å². The number of para-hydroxylation sites is 1. The number of halogens is 1. The molecule has 4 aromatic rings. The molecule has 1 amide bonds. The van der Waals surface area contributed by atoms with Crippen molar-refractivity contribution in [3.8, 4) is 17.2 Å². The lowest BCUT2D eigenvalue weighted by atomic mass is 10.2. The number of thiophene rings is 1. The van der Waals surface area contributed by atoms with E-state index in [9.17, 15) is 9.59 Å². The molecular weight excluding hydrogens is 488 g/mol. The first-order valence-corrected chi connectivity index (χ1v) is 11.8. The molecule has 0 atom stereocenters. The van der Waals surface area contributed by atoms with Gasteiger partial charge in [-0.15, -0.1) is 11.3 Å². The fourth-order valence-electron chi connectivity index (χ4n) is 3.30. The van der Waals surface area contributed by atoms with Crippen LogP contribution in [0.4, 0.5) is 0 Å². The second-order valence-corrected chi connectivity index (χ2v) is 8.60. The Kier molecular flexibility index (Phi) is 7.64. The number of nitrogens with zero attached hydrogens (tertiary/aromatic N) is 1. The van der Waals surface area contributed by atoms with Crippen molar-refractivity contribution in [2.75, 3.05) is 13.7 Å². The predicted molar refractivity (Wildman–Crippen MR) is 137 cm³/mol. The van der Waals surface area contributed by atoms with E-state index in [-0.39, 0.29) is 5.75 Å². The first-order chi connectivity index (χ1) is 17.0. The number of esters is 1. The van der Waals surface area contributed by atoms with Crippen LogP contribution in [0.5, 0.6) is 17.2 Å². The summed E-state index contributed by atoms with van der Waals surface area (Å²) in [6.45, 7) is 2.29. The molecule has 3 aromatic carbocycles. The number of benzene rings is 3. The molecule has 0 fully saturated rings. The third-order valence-corrected chi connectivity index (χ3v) is 6.58. The van der Waals surface area contributed by atoms with Gasteiger partial charge in [-0.25, -0.2) is 10.2 Å². The summed E-state index contributed by atoms with van der Waals surface area (Å²) in [5.41, 5.74) is 3.49. The average Bonchev–Trinajstić information content (AvgIpc) is 3.22. The fraction of sp³-hybridized carbons (Fsp3) is 0.115. The Morgan fingerprint density at radius 3 is 2.57 bits per heavy atom. The minimum atomic E-state index is -0.573. The Morgan fingerprint density at radius 2 is 1.80 bits per heavy atom. The van der Waals surface area contributed by atoms with Gasteiger partial charge in [0, 0.05) is 10.1 Å². The first-order valence-electron chi connectivity index (χ1n) is 10.6. The van der Waals surface area contributed by atoms with Crippen LogP contribution in [-0.2, 0) is 0 Å². The van der Waals surface area contributed by atoms with Crippen molar-refractivity contribution in [1.82, 2.24) is 5.43 Å². The topological polar surface area (TPSA) is 86.2 Å². The number of nitrogens with one attached hydrogen (secondary N) is 1. The van der Waals surface area contributed by atoms with Crippen molar-refractivity contribution in [3.05, 3.63) is 87.8 Å². The van der Waals surface area contributed by atoms with Crippen LogP contribution in [0.3, 0.4) is 0 Å². The van der Waals surface area contributed by atoms with Gasteiger partial charge in [0.15, 0.2) is 11.5 Å². The molecule has 0 aliphatic heterocycles. The molecule has 0 unspecified atom stereocenters. The van der Waals surface area contributed by atoms with E-state index < -0.39 is 11.9 Å². The van der Waals surface area contributed by atoms with Crippen molar-refractivity contribution in [2.24, 2.45) is 5.10 Å². The number of fused-ring (bicyclic) bond motifs is 1. The SMILES string of the molecule is CCOc1ccccc1C(=O)N/N=C/c1ccc(OC(=O)c2sc3ccccc3c2Cl)c(OC)c1. The highest BCUT2D eigenvalue weighted by molar-refractivity contribution is 7.21. The van der Waals surface area contributed by atoms with Crippen LogP contribution in [0.2, 0.25) is 5.02 Å². The van der Waals surface area contributed by atoms with Crippen molar-refractivity contribution < 1.29 is 23.8 Å². The molecule has 178 valence electrons. The van der Waals surface area contributed by atoms with Crippen molar-refractivity contribution in [1.29, 1.82) is 0 Å². The summed E-state index contributed by atoms with van der Waals surface area (Å²) in [6.07, 6.45) is 1.46. The smallest absolute Gasteiger partial charge is 0.355 e. The summed E-state index contributed by atoms with van der Waals surface area (Å²) in [5.74, 6) is 0.0684. The van der Waals surface area contributed by atoms with Gasteiger partial charge in [-0.1, -0.05) is 41.9 Å². The average molecular weight is 509 g/mol. The molecule has 0 saturated carbocycles. The summed E-state index contributed by atoms with van der Waals surface area (Å²) in [6, 6.07) is 19.3. The Labute approximate surface area is 210 Å². The van der Waals surface area contributed by atoms with Crippen LogP contribution < -0.4 is 19.6 Å². The number of hydrazone groups is 1. The number of hydrogen-bond donors (Lipinski definition) is 1. The lowest BCUT2D eigenvalue weighted by Crippen LogP contribution is -2.18. The lowest BCUT2D eigenvalue weighted by molar-refractivity contribution is 0.0734. The highest BCUT2D eigenvalue weighted by Gasteiger charge is 2.20. The Balaban J connectivity index is 1.46. The molecule has 0 aliphatic rings. The van der Waals surface area contributed by atoms with E-state index >= 15 is 0 Å². The predicted octanol–water partition coefficient (Wildman–Crippen LogP) is 5.95. The van der Waals surface area contributed by atoms with Crippen LogP contribution in [0.15, 0.2) is 71.8 Å². The van der Waals surface area contributed by atoms with Crippen LogP contribution >= 0.6 is 22.9 Å². The third kappa shape index (κ3) is 5.45. The number of methoxy groups -OCH3 is 1. The maximum Gasteiger partial charge on any atom is 0.355 e. The largest absolute Gasteiger partial charge is 0.493 e. The summed E-state index contributed by atoms with van der Waals surface area (Å²) in [5, 5.41) is 5.17. The monoisotopic (exact) mass is 508 g/mol. The zero-order valence-corrected chi connectivity index (χ0v) is 20.5. The molecular formula is C26H21ClN2O5S. The van der Waals surface area contributed by atoms with Crippen LogP contribution in [0.1, 0.15) is 32.5 Å². The summed E-state index contributed by atoms with van der Waals surface area (Å²) in [4.78, 5) is 25.6. The van der Waals surface area contributed by atoms with Gasteiger partial charge in [-0.05, 0) is 48.9 Å². The maximum absolute atomic E-state index is 12.8. The Hall–Kier alpha value is -3.88. The van der Waals surface area contributed by atoms with Crippen molar-refractivity contribution >= 4 is 51.1 Å². The number of carbonyl (C=O) groups excluding carboxylic acids is 2. The molecule has 0 radical (unpaired) electrons. The van der Waals surface area contributed by atoms with Gasteiger partial charge in [0.25, 0.3) is 5.91 Å². The molecule has 9 heteroatoms. The minimum absolute atomic E-state index is 0.234. The van der Waals surface area contributed by atoms with Gasteiger partial charge in [0.2, 0.25) is 0 Å². The second kappa shape index (κ2) is 11.0. The molecule has 1 N–H and O–H groups in total. The zero-order valence-electron chi connectivity index (χ0n) is 18.9. The second-order valence-electron chi connectivity index (χ2n) is 7.17. The van der Waals surface area contributed by atoms with Gasteiger partial charge in [0.1, 0.15) is 10.6 Å². The van der Waals surface area contributed by atoms with Crippen LogP contribution in [0.25, 0.3) is 10.1 Å². The number of ether oxygens (including phenoxy) is 3. The van der Waals surface area contributed by atoms with E-state index in [2.05, 4.69) is 10.5 Å². The van der Waals surface area contributed by atoms with Gasteiger partial charge in [0.05, 0.1) is 30.5 Å². The Morgan fingerprint density at radius 1 is 1.03 bits per heavy atom. The molecule has 1 aromatic heterocycles. The summed E-state index contributed by atoms with van der Waals surface area (Å²) >= 11 is 7.66. The lowest BCUT2D eigenvalue weighted by Gasteiger charge is -2.10. The van der Waals surface area contributed by atoms with E-state index in [1.807, 2.05) is 31.2 Å². The fourth-order valence-corrected chi connectivity index (χ4v) is 4.69. The van der Waals surface area contributed by atoms with Crippen LogP contribution in [-0.4, -0.2) is 31.8 Å². The molecule has 35 heavy (non-hydrogen) atoms. The Bertz CT molecular complexity index is 1420. The quantitative estimate of drug-likeness (QED) is 0.138. The molecule has 4 rings (SSSR count). The molecule has 1 heterocycles. The highest BCUT2D eigenvalue weighted by atomic mass is 35.5. The first kappa shape index (κ1) is 24.3. The number of carbonyl (C=O) groups is 2. The molecule has 7 nitrogen and oxygen atoms in total. The standard InChI is InChI=1S/C26H21ClN2O5S/c1-3-33-19-10-6-4-8-17(19)25(30)29-28-15-16-12-13-20(21(14-16)32-2)34-26(31)24-23(27)18-9-5-7-11-22(18)35-24/h4-15H,3H2,1-2H3,(H,29,30)/b28-15+. The van der Waals surface area contributed by atoms with E-state index in [0.717, 1.165) is 10.1 Å². The maximum atomic E-state index is 12.8. The number of amides is 1. The van der Waals surface area contributed by atoms with Gasteiger partial charge in [-0.3, -0.25) is 4.79 Å². The third-order valence-electron chi connectivity index (χ3n) is 4.92. The van der Waals surface area contributed by atoms with Crippen molar-refractivity contribution in [2.45, 2.75) is 6.92 Å².